The van der Waals surface area contributed by atoms with Crippen molar-refractivity contribution >= 4 is 34.8 Å². The van der Waals surface area contributed by atoms with Gasteiger partial charge in [-0.15, -0.1) is 12.6 Å². The summed E-state index contributed by atoms with van der Waals surface area (Å²) in [4.78, 5) is 3.19. The number of thiol groups is 1. The molecule has 2 nitrogen and oxygen atoms in total. The van der Waals surface area contributed by atoms with Crippen LogP contribution in [0.4, 0.5) is 24.5 Å². The van der Waals surface area contributed by atoms with E-state index >= 15 is 0 Å². The van der Waals surface area contributed by atoms with Gasteiger partial charge in [0, 0.05) is 18.0 Å². The fourth-order valence-corrected chi connectivity index (χ4v) is 5.23. The molecule has 1 aliphatic carbocycles. The lowest BCUT2D eigenvalue weighted by Crippen LogP contribution is -2.42. The predicted molar refractivity (Wildman–Crippen MR) is 129 cm³/mol. The van der Waals surface area contributed by atoms with Crippen molar-refractivity contribution < 1.29 is 13.2 Å². The van der Waals surface area contributed by atoms with E-state index in [0.717, 1.165) is 48.1 Å². The molecule has 3 aromatic carbocycles. The lowest BCUT2D eigenvalue weighted by atomic mass is 9.75. The number of alkyl halides is 3. The van der Waals surface area contributed by atoms with Gasteiger partial charge >= 0.3 is 6.18 Å². The first kappa shape index (κ1) is 22.8. The minimum absolute atomic E-state index is 0.235. The summed E-state index contributed by atoms with van der Waals surface area (Å²) in [6, 6.07) is 18.2. The van der Waals surface area contributed by atoms with Crippen LogP contribution in [0.25, 0.3) is 10.8 Å². The Morgan fingerprint density at radius 3 is 2.28 bits per heavy atom. The van der Waals surface area contributed by atoms with E-state index in [2.05, 4.69) is 41.8 Å². The molecule has 170 valence electrons. The second-order valence-electron chi connectivity index (χ2n) is 8.84. The highest BCUT2D eigenvalue weighted by Gasteiger charge is 2.33. The van der Waals surface area contributed by atoms with Crippen LogP contribution in [0.15, 0.2) is 65.6 Å². The Labute approximate surface area is 193 Å². The molecule has 0 amide bonds. The van der Waals surface area contributed by atoms with Crippen LogP contribution in [0.1, 0.15) is 37.7 Å². The molecule has 1 saturated heterocycles. The van der Waals surface area contributed by atoms with Crippen molar-refractivity contribution in [2.75, 3.05) is 23.7 Å². The lowest BCUT2D eigenvalue weighted by Gasteiger charge is -2.42. The van der Waals surface area contributed by atoms with Crippen LogP contribution in [-0.2, 0) is 6.18 Å². The van der Waals surface area contributed by atoms with Crippen molar-refractivity contribution in [2.24, 2.45) is 11.8 Å². The molecule has 0 aromatic heterocycles. The van der Waals surface area contributed by atoms with Gasteiger partial charge in [-0.05, 0) is 65.8 Å². The molecule has 2 aliphatic rings. The second-order valence-corrected chi connectivity index (χ2v) is 9.36. The minimum atomic E-state index is -4.33. The van der Waals surface area contributed by atoms with E-state index < -0.39 is 11.7 Å². The number of rotatable bonds is 1. The van der Waals surface area contributed by atoms with E-state index in [4.69, 9.17) is 5.73 Å². The maximum absolute atomic E-state index is 12.7. The molecule has 0 bridgehead atoms. The van der Waals surface area contributed by atoms with Crippen LogP contribution >= 0.6 is 12.6 Å². The standard InChI is InChI=1S/C16H21F3N2.C10H8S/c17-16(18,19)13-5-6-15(14(20)9-13)21-8-7-11-3-1-2-4-12(11)10-21;11-10-6-5-8-3-1-2-4-9(8)7-10/h5-6,9,11-12H,1-4,7-8,10,20H2;1-7,11H. The van der Waals surface area contributed by atoms with E-state index in [1.165, 1.54) is 42.5 Å². The molecule has 1 aliphatic heterocycles. The number of nitrogens with two attached hydrogens (primary N) is 1. The van der Waals surface area contributed by atoms with Gasteiger partial charge in [-0.1, -0.05) is 49.6 Å². The Balaban J connectivity index is 0.000000186. The largest absolute Gasteiger partial charge is 0.416 e. The molecule has 2 N–H and O–H groups in total. The summed E-state index contributed by atoms with van der Waals surface area (Å²) in [5.41, 5.74) is 6.20. The first-order valence-electron chi connectivity index (χ1n) is 11.2. The summed E-state index contributed by atoms with van der Waals surface area (Å²) < 4.78 is 38.1. The van der Waals surface area contributed by atoms with Crippen molar-refractivity contribution in [3.8, 4) is 0 Å². The Bertz CT molecular complexity index is 1070. The molecule has 0 spiro atoms. The fraction of sp³-hybridized carbons (Fsp3) is 0.385. The first-order chi connectivity index (χ1) is 15.3. The zero-order valence-corrected chi connectivity index (χ0v) is 18.9. The van der Waals surface area contributed by atoms with Gasteiger partial charge < -0.3 is 10.6 Å². The van der Waals surface area contributed by atoms with Crippen LogP contribution < -0.4 is 10.6 Å². The molecule has 0 radical (unpaired) electrons. The minimum Gasteiger partial charge on any atom is -0.397 e. The number of halogens is 3. The van der Waals surface area contributed by atoms with Crippen molar-refractivity contribution in [3.63, 3.8) is 0 Å². The van der Waals surface area contributed by atoms with Gasteiger partial charge in [-0.3, -0.25) is 0 Å². The summed E-state index contributed by atoms with van der Waals surface area (Å²) >= 11 is 4.26. The fourth-order valence-electron chi connectivity index (χ4n) is 5.02. The maximum Gasteiger partial charge on any atom is 0.416 e. The van der Waals surface area contributed by atoms with Crippen LogP contribution in [0, 0.1) is 11.8 Å². The average molecular weight is 459 g/mol. The third-order valence-corrected chi connectivity index (χ3v) is 7.00. The topological polar surface area (TPSA) is 29.3 Å². The summed E-state index contributed by atoms with van der Waals surface area (Å²) in [7, 11) is 0. The normalized spacial score (nSPS) is 20.9. The monoisotopic (exact) mass is 458 g/mol. The second kappa shape index (κ2) is 9.65. The molecular formula is C26H29F3N2S. The highest BCUT2D eigenvalue weighted by atomic mass is 32.1. The number of benzene rings is 3. The number of piperidine rings is 1. The molecule has 6 heteroatoms. The molecular weight excluding hydrogens is 429 g/mol. The maximum atomic E-state index is 12.7. The number of hydrogen-bond acceptors (Lipinski definition) is 3. The number of fused-ring (bicyclic) bond motifs is 2. The highest BCUT2D eigenvalue weighted by molar-refractivity contribution is 7.80. The van der Waals surface area contributed by atoms with Crippen molar-refractivity contribution in [3.05, 3.63) is 66.2 Å². The summed E-state index contributed by atoms with van der Waals surface area (Å²) in [6.07, 6.45) is 1.94. The summed E-state index contributed by atoms with van der Waals surface area (Å²) in [5, 5.41) is 2.52. The van der Waals surface area contributed by atoms with Crippen LogP contribution in [0.3, 0.4) is 0 Å². The Morgan fingerprint density at radius 2 is 1.56 bits per heavy atom. The zero-order chi connectivity index (χ0) is 22.7. The van der Waals surface area contributed by atoms with E-state index in [9.17, 15) is 13.2 Å². The van der Waals surface area contributed by atoms with Gasteiger partial charge in [0.1, 0.15) is 0 Å². The molecule has 1 heterocycles. The van der Waals surface area contributed by atoms with E-state index in [1.807, 2.05) is 18.2 Å². The smallest absolute Gasteiger partial charge is 0.397 e. The average Bonchev–Trinajstić information content (AvgIpc) is 2.78. The highest BCUT2D eigenvalue weighted by Crippen LogP contribution is 2.40. The van der Waals surface area contributed by atoms with Crippen LogP contribution in [0.2, 0.25) is 0 Å². The summed E-state index contributed by atoms with van der Waals surface area (Å²) in [6.45, 7) is 1.83. The van der Waals surface area contributed by atoms with Gasteiger partial charge in [0.2, 0.25) is 0 Å². The van der Waals surface area contributed by atoms with Crippen molar-refractivity contribution in [1.82, 2.24) is 0 Å². The van der Waals surface area contributed by atoms with Crippen LogP contribution in [-0.4, -0.2) is 13.1 Å². The summed E-state index contributed by atoms with van der Waals surface area (Å²) in [5.74, 6) is 1.47. The van der Waals surface area contributed by atoms with Gasteiger partial charge in [0.05, 0.1) is 16.9 Å². The Hall–Kier alpha value is -2.34. The van der Waals surface area contributed by atoms with E-state index in [-0.39, 0.29) is 5.69 Å². The molecule has 2 fully saturated rings. The Kier molecular flexibility index (Phi) is 6.89. The van der Waals surface area contributed by atoms with Gasteiger partial charge in [-0.2, -0.15) is 13.2 Å². The molecule has 3 aromatic rings. The number of nitrogens with zero attached hydrogens (tertiary/aromatic N) is 1. The molecule has 2 unspecified atom stereocenters. The number of hydrogen-bond donors (Lipinski definition) is 2. The number of anilines is 2. The van der Waals surface area contributed by atoms with Crippen molar-refractivity contribution in [2.45, 2.75) is 43.2 Å². The van der Waals surface area contributed by atoms with E-state index in [0.29, 0.717) is 5.92 Å². The van der Waals surface area contributed by atoms with Crippen molar-refractivity contribution in [1.29, 1.82) is 0 Å². The van der Waals surface area contributed by atoms with Gasteiger partial charge in [-0.25, -0.2) is 0 Å². The molecule has 1 saturated carbocycles. The molecule has 5 rings (SSSR count). The first-order valence-corrected chi connectivity index (χ1v) is 11.7. The quantitative estimate of drug-likeness (QED) is 0.293. The predicted octanol–water partition coefficient (Wildman–Crippen LogP) is 7.43. The van der Waals surface area contributed by atoms with Gasteiger partial charge in [0.25, 0.3) is 0 Å². The van der Waals surface area contributed by atoms with Gasteiger partial charge in [0.15, 0.2) is 0 Å². The SMILES string of the molecule is Nc1cc(C(F)(F)F)ccc1N1CCC2CCCCC2C1.Sc1ccc2ccccc2c1. The third-order valence-electron chi connectivity index (χ3n) is 6.72. The zero-order valence-electron chi connectivity index (χ0n) is 18.0. The molecule has 2 atom stereocenters. The van der Waals surface area contributed by atoms with E-state index in [1.54, 1.807) is 0 Å². The van der Waals surface area contributed by atoms with Crippen LogP contribution in [0.5, 0.6) is 0 Å². The lowest BCUT2D eigenvalue weighted by molar-refractivity contribution is -0.137. The Morgan fingerprint density at radius 1 is 0.844 bits per heavy atom. The third kappa shape index (κ3) is 5.34. The molecule has 32 heavy (non-hydrogen) atoms. The number of nitrogen functional groups attached to an aromatic ring is 1.